The molecule has 0 aromatic heterocycles. The number of rotatable bonds is 1. The molecule has 0 aliphatic rings. The van der Waals surface area contributed by atoms with Gasteiger partial charge in [0.05, 0.1) is 25.1 Å². The Labute approximate surface area is 139 Å². The Bertz CT molecular complexity index is 668. The molecule has 0 fully saturated rings. The zero-order valence-corrected chi connectivity index (χ0v) is 13.5. The smallest absolute Gasteiger partial charge is 0.154 e. The summed E-state index contributed by atoms with van der Waals surface area (Å²) in [5.41, 5.74) is 0.975. The molecule has 7 heteroatoms. The lowest BCUT2D eigenvalue weighted by atomic mass is 10.1. The molecule has 1 N–H and O–H groups in total. The zero-order chi connectivity index (χ0) is 14.3. The lowest BCUT2D eigenvalue weighted by Gasteiger charge is -2.12. The molecule has 0 saturated carbocycles. The van der Waals surface area contributed by atoms with Crippen LogP contribution >= 0.6 is 69.6 Å². The van der Waals surface area contributed by atoms with Crippen LogP contribution in [-0.4, -0.2) is 5.11 Å². The maximum Gasteiger partial charge on any atom is 0.154 e. The third-order valence-electron chi connectivity index (χ3n) is 2.46. The molecule has 0 aliphatic heterocycles. The molecule has 0 radical (unpaired) electrons. The van der Waals surface area contributed by atoms with E-state index < -0.39 is 0 Å². The van der Waals surface area contributed by atoms with Crippen LogP contribution in [0, 0.1) is 0 Å². The SMILES string of the molecule is Oc1c(Cl)cc(-c2ccc(Cl)c(Cl)c2Cl)c(Cl)c1Cl. The van der Waals surface area contributed by atoms with Gasteiger partial charge >= 0.3 is 0 Å². The van der Waals surface area contributed by atoms with E-state index in [9.17, 15) is 5.11 Å². The number of phenolic OH excluding ortho intramolecular Hbond substituents is 1. The monoisotopic (exact) mass is 374 g/mol. The standard InChI is InChI=1S/C12H4Cl6O/c13-6-2-1-4(8(15)10(6)17)5-3-7(14)12(19)11(18)9(5)16/h1-3,19H. The summed E-state index contributed by atoms with van der Waals surface area (Å²) in [6.45, 7) is 0. The van der Waals surface area contributed by atoms with Gasteiger partial charge in [-0.05, 0) is 12.1 Å². The van der Waals surface area contributed by atoms with Crippen molar-refractivity contribution in [2.45, 2.75) is 0 Å². The van der Waals surface area contributed by atoms with Crippen molar-refractivity contribution in [3.63, 3.8) is 0 Å². The third-order valence-corrected chi connectivity index (χ3v) is 4.90. The lowest BCUT2D eigenvalue weighted by Crippen LogP contribution is -1.86. The highest BCUT2D eigenvalue weighted by molar-refractivity contribution is 6.50. The van der Waals surface area contributed by atoms with Gasteiger partial charge in [0, 0.05) is 11.1 Å². The van der Waals surface area contributed by atoms with Gasteiger partial charge < -0.3 is 5.11 Å². The van der Waals surface area contributed by atoms with Crippen LogP contribution in [0.2, 0.25) is 30.1 Å². The molecule has 2 rings (SSSR count). The molecule has 0 spiro atoms. The van der Waals surface area contributed by atoms with Gasteiger partial charge in [-0.2, -0.15) is 0 Å². The predicted octanol–water partition coefficient (Wildman–Crippen LogP) is 6.98. The second-order valence-electron chi connectivity index (χ2n) is 3.61. The van der Waals surface area contributed by atoms with E-state index in [0.29, 0.717) is 16.1 Å². The van der Waals surface area contributed by atoms with Crippen molar-refractivity contribution < 1.29 is 5.11 Å². The Kier molecular flexibility index (Phi) is 4.67. The van der Waals surface area contributed by atoms with Crippen LogP contribution in [0.4, 0.5) is 0 Å². The van der Waals surface area contributed by atoms with Crippen molar-refractivity contribution in [3.05, 3.63) is 48.3 Å². The first-order chi connectivity index (χ1) is 8.84. The van der Waals surface area contributed by atoms with E-state index in [1.165, 1.54) is 6.07 Å². The second kappa shape index (κ2) is 5.77. The molecule has 19 heavy (non-hydrogen) atoms. The molecule has 1 nitrogen and oxygen atoms in total. The predicted molar refractivity (Wildman–Crippen MR) is 83.6 cm³/mol. The summed E-state index contributed by atoms with van der Waals surface area (Å²) >= 11 is 35.8. The highest BCUT2D eigenvalue weighted by Crippen LogP contribution is 2.47. The number of phenols is 1. The van der Waals surface area contributed by atoms with Gasteiger partial charge in [-0.15, -0.1) is 0 Å². The summed E-state index contributed by atoms with van der Waals surface area (Å²) in [6.07, 6.45) is 0. The third kappa shape index (κ3) is 2.73. The highest BCUT2D eigenvalue weighted by atomic mass is 35.5. The lowest BCUT2D eigenvalue weighted by molar-refractivity contribution is 0.476. The summed E-state index contributed by atoms with van der Waals surface area (Å²) in [5, 5.41) is 10.5. The average Bonchev–Trinajstić information content (AvgIpc) is 2.39. The Balaban J connectivity index is 2.77. The number of benzene rings is 2. The molecule has 2 aromatic carbocycles. The summed E-state index contributed by atoms with van der Waals surface area (Å²) in [6, 6.07) is 4.67. The van der Waals surface area contributed by atoms with Gasteiger partial charge in [-0.1, -0.05) is 75.7 Å². The van der Waals surface area contributed by atoms with E-state index in [-0.39, 0.29) is 30.9 Å². The first kappa shape index (κ1) is 15.4. The van der Waals surface area contributed by atoms with Gasteiger partial charge in [0.15, 0.2) is 5.75 Å². The zero-order valence-electron chi connectivity index (χ0n) is 8.95. The van der Waals surface area contributed by atoms with E-state index in [0.717, 1.165) is 0 Å². The van der Waals surface area contributed by atoms with Crippen molar-refractivity contribution in [3.8, 4) is 16.9 Å². The highest BCUT2D eigenvalue weighted by Gasteiger charge is 2.18. The Morgan fingerprint density at radius 1 is 0.632 bits per heavy atom. The molecular formula is C12H4Cl6O. The van der Waals surface area contributed by atoms with Crippen LogP contribution in [0.3, 0.4) is 0 Å². The van der Waals surface area contributed by atoms with Gasteiger partial charge in [-0.25, -0.2) is 0 Å². The van der Waals surface area contributed by atoms with Gasteiger partial charge in [-0.3, -0.25) is 0 Å². The van der Waals surface area contributed by atoms with E-state index >= 15 is 0 Å². The molecule has 0 aliphatic carbocycles. The number of hydrogen-bond donors (Lipinski definition) is 1. The second-order valence-corrected chi connectivity index (χ2v) is 5.93. The molecule has 0 unspecified atom stereocenters. The van der Waals surface area contributed by atoms with Crippen LogP contribution in [0.5, 0.6) is 5.75 Å². The van der Waals surface area contributed by atoms with Gasteiger partial charge in [0.25, 0.3) is 0 Å². The van der Waals surface area contributed by atoms with E-state index in [1.54, 1.807) is 12.1 Å². The van der Waals surface area contributed by atoms with Crippen molar-refractivity contribution in [2.75, 3.05) is 0 Å². The minimum Gasteiger partial charge on any atom is -0.505 e. The van der Waals surface area contributed by atoms with Gasteiger partial charge in [0.1, 0.15) is 5.02 Å². The fourth-order valence-electron chi connectivity index (χ4n) is 1.52. The van der Waals surface area contributed by atoms with Gasteiger partial charge in [0.2, 0.25) is 0 Å². The van der Waals surface area contributed by atoms with Crippen molar-refractivity contribution in [1.29, 1.82) is 0 Å². The van der Waals surface area contributed by atoms with E-state index in [1.807, 2.05) is 0 Å². The summed E-state index contributed by atoms with van der Waals surface area (Å²) in [7, 11) is 0. The van der Waals surface area contributed by atoms with Crippen molar-refractivity contribution >= 4 is 69.6 Å². The summed E-state index contributed by atoms with van der Waals surface area (Å²) in [5.74, 6) is -0.284. The van der Waals surface area contributed by atoms with E-state index in [4.69, 9.17) is 69.6 Å². The number of hydrogen-bond acceptors (Lipinski definition) is 1. The molecule has 100 valence electrons. The maximum atomic E-state index is 9.60. The molecule has 0 bridgehead atoms. The maximum absolute atomic E-state index is 9.60. The fourth-order valence-corrected chi connectivity index (χ4v) is 2.85. The van der Waals surface area contributed by atoms with Crippen LogP contribution < -0.4 is 0 Å². The first-order valence-electron chi connectivity index (χ1n) is 4.85. The molecule has 0 amide bonds. The van der Waals surface area contributed by atoms with Crippen LogP contribution in [0.1, 0.15) is 0 Å². The molecule has 2 aromatic rings. The van der Waals surface area contributed by atoms with Crippen LogP contribution in [0.25, 0.3) is 11.1 Å². The molecular weight excluding hydrogens is 373 g/mol. The van der Waals surface area contributed by atoms with E-state index in [2.05, 4.69) is 0 Å². The summed E-state index contributed by atoms with van der Waals surface area (Å²) < 4.78 is 0. The fraction of sp³-hybridized carbons (Fsp3) is 0. The van der Waals surface area contributed by atoms with Crippen molar-refractivity contribution in [1.82, 2.24) is 0 Å². The normalized spacial score (nSPS) is 10.8. The largest absolute Gasteiger partial charge is 0.505 e. The minimum absolute atomic E-state index is 0.0497. The Hall–Kier alpha value is -0.0200. The van der Waals surface area contributed by atoms with Crippen LogP contribution in [-0.2, 0) is 0 Å². The van der Waals surface area contributed by atoms with Crippen LogP contribution in [0.15, 0.2) is 18.2 Å². The Morgan fingerprint density at radius 2 is 1.21 bits per heavy atom. The average molecular weight is 377 g/mol. The number of halogens is 6. The topological polar surface area (TPSA) is 20.2 Å². The minimum atomic E-state index is -0.284. The first-order valence-corrected chi connectivity index (χ1v) is 7.11. The van der Waals surface area contributed by atoms with Crippen molar-refractivity contribution in [2.24, 2.45) is 0 Å². The molecule has 0 heterocycles. The quantitative estimate of drug-likeness (QED) is 0.420. The summed E-state index contributed by atoms with van der Waals surface area (Å²) in [4.78, 5) is 0. The molecule has 0 atom stereocenters. The number of aromatic hydroxyl groups is 1. The Morgan fingerprint density at radius 3 is 1.84 bits per heavy atom. The molecule has 0 saturated heterocycles.